The van der Waals surface area contributed by atoms with Gasteiger partial charge in [0.15, 0.2) is 0 Å². The maximum Gasteiger partial charge on any atom is 0.138 e. The predicted molar refractivity (Wildman–Crippen MR) is 72.6 cm³/mol. The largest absolute Gasteiger partial charge is 0.506 e. The van der Waals surface area contributed by atoms with Gasteiger partial charge >= 0.3 is 0 Å². The summed E-state index contributed by atoms with van der Waals surface area (Å²) in [5.41, 5.74) is 0.852. The molecule has 0 fully saturated rings. The molecule has 1 rings (SSSR count). The minimum Gasteiger partial charge on any atom is -0.506 e. The van der Waals surface area contributed by atoms with Crippen molar-refractivity contribution in [2.45, 2.75) is 19.4 Å². The smallest absolute Gasteiger partial charge is 0.138 e. The van der Waals surface area contributed by atoms with Crippen LogP contribution in [0.2, 0.25) is 5.02 Å². The number of unbranched alkanes of at least 4 members (excludes halogenated alkanes) is 1. The number of aromatic hydroxyl groups is 1. The SMILES string of the molecule is CN(C)CCCCNCc1cccc(Cl)c1O. The zero-order valence-corrected chi connectivity index (χ0v) is 11.3. The van der Waals surface area contributed by atoms with Crippen molar-refractivity contribution in [1.29, 1.82) is 0 Å². The molecule has 1 aromatic rings. The highest BCUT2D eigenvalue weighted by Crippen LogP contribution is 2.26. The van der Waals surface area contributed by atoms with Crippen molar-refractivity contribution < 1.29 is 5.11 Å². The van der Waals surface area contributed by atoms with Gasteiger partial charge in [0.05, 0.1) is 5.02 Å². The van der Waals surface area contributed by atoms with Gasteiger partial charge < -0.3 is 15.3 Å². The Morgan fingerprint density at radius 3 is 2.76 bits per heavy atom. The fourth-order valence-corrected chi connectivity index (χ4v) is 1.80. The second-order valence-electron chi connectivity index (χ2n) is 4.43. The Morgan fingerprint density at radius 2 is 2.06 bits per heavy atom. The summed E-state index contributed by atoms with van der Waals surface area (Å²) >= 11 is 5.83. The van der Waals surface area contributed by atoms with Crippen molar-refractivity contribution in [3.05, 3.63) is 28.8 Å². The Morgan fingerprint density at radius 1 is 1.29 bits per heavy atom. The van der Waals surface area contributed by atoms with Crippen molar-refractivity contribution in [3.8, 4) is 5.75 Å². The second-order valence-corrected chi connectivity index (χ2v) is 4.84. The number of hydrogen-bond donors (Lipinski definition) is 2. The minimum absolute atomic E-state index is 0.190. The van der Waals surface area contributed by atoms with Gasteiger partial charge in [0.1, 0.15) is 5.75 Å². The summed E-state index contributed by atoms with van der Waals surface area (Å²) in [6.07, 6.45) is 2.32. The van der Waals surface area contributed by atoms with E-state index in [2.05, 4.69) is 24.3 Å². The lowest BCUT2D eigenvalue weighted by Gasteiger charge is -2.10. The topological polar surface area (TPSA) is 35.5 Å². The standard InChI is InChI=1S/C13H21ClN2O/c1-16(2)9-4-3-8-15-10-11-6-5-7-12(14)13(11)17/h5-7,15,17H,3-4,8-10H2,1-2H3. The Balaban J connectivity index is 2.20. The Hall–Kier alpha value is -0.770. The molecule has 96 valence electrons. The number of phenols is 1. The second kappa shape index (κ2) is 7.54. The van der Waals surface area contributed by atoms with Crippen LogP contribution in [0.15, 0.2) is 18.2 Å². The van der Waals surface area contributed by atoms with Crippen molar-refractivity contribution in [3.63, 3.8) is 0 Å². The van der Waals surface area contributed by atoms with E-state index in [0.717, 1.165) is 25.1 Å². The van der Waals surface area contributed by atoms with Crippen LogP contribution in [0.4, 0.5) is 0 Å². The Labute approximate surface area is 108 Å². The van der Waals surface area contributed by atoms with E-state index >= 15 is 0 Å². The highest BCUT2D eigenvalue weighted by atomic mass is 35.5. The predicted octanol–water partition coefficient (Wildman–Crippen LogP) is 2.48. The van der Waals surface area contributed by atoms with Gasteiger partial charge in [-0.15, -0.1) is 0 Å². The fraction of sp³-hybridized carbons (Fsp3) is 0.538. The molecule has 0 saturated carbocycles. The molecule has 0 radical (unpaired) electrons. The molecule has 0 unspecified atom stereocenters. The molecule has 17 heavy (non-hydrogen) atoms. The lowest BCUT2D eigenvalue weighted by atomic mass is 10.2. The molecule has 0 heterocycles. The summed E-state index contributed by atoms with van der Waals surface area (Å²) in [5, 5.41) is 13.4. The van der Waals surface area contributed by atoms with E-state index in [4.69, 9.17) is 11.6 Å². The monoisotopic (exact) mass is 256 g/mol. The molecule has 0 bridgehead atoms. The molecule has 3 nitrogen and oxygen atoms in total. The van der Waals surface area contributed by atoms with E-state index in [9.17, 15) is 5.11 Å². The maximum absolute atomic E-state index is 9.69. The average molecular weight is 257 g/mol. The zero-order chi connectivity index (χ0) is 12.7. The van der Waals surface area contributed by atoms with Gasteiger partial charge in [0, 0.05) is 12.1 Å². The van der Waals surface area contributed by atoms with Crippen LogP contribution in [-0.2, 0) is 6.54 Å². The number of nitrogens with zero attached hydrogens (tertiary/aromatic N) is 1. The van der Waals surface area contributed by atoms with Crippen LogP contribution in [-0.4, -0.2) is 37.2 Å². The van der Waals surface area contributed by atoms with Gasteiger partial charge in [-0.05, 0) is 46.1 Å². The minimum atomic E-state index is 0.190. The van der Waals surface area contributed by atoms with Crippen LogP contribution in [0.5, 0.6) is 5.75 Å². The highest BCUT2D eigenvalue weighted by Gasteiger charge is 2.03. The summed E-state index contributed by atoms with van der Waals surface area (Å²) in [6.45, 7) is 2.73. The van der Waals surface area contributed by atoms with Gasteiger partial charge in [-0.1, -0.05) is 23.7 Å². The molecule has 4 heteroatoms. The first-order chi connectivity index (χ1) is 8.11. The first kappa shape index (κ1) is 14.3. The van der Waals surface area contributed by atoms with Crippen molar-refractivity contribution in [1.82, 2.24) is 10.2 Å². The summed E-state index contributed by atoms with van der Waals surface area (Å²) in [6, 6.07) is 5.43. The number of rotatable bonds is 7. The van der Waals surface area contributed by atoms with Crippen LogP contribution in [0.25, 0.3) is 0 Å². The first-order valence-electron chi connectivity index (χ1n) is 5.93. The maximum atomic E-state index is 9.69. The van der Waals surface area contributed by atoms with Crippen molar-refractivity contribution in [2.75, 3.05) is 27.2 Å². The molecule has 1 aromatic carbocycles. The van der Waals surface area contributed by atoms with Gasteiger partial charge in [-0.3, -0.25) is 0 Å². The van der Waals surface area contributed by atoms with Crippen LogP contribution in [0, 0.1) is 0 Å². The molecule has 0 aliphatic heterocycles. The molecule has 0 spiro atoms. The third-order valence-corrected chi connectivity index (χ3v) is 2.90. The molecule has 0 aliphatic rings. The normalized spacial score (nSPS) is 11.1. The third kappa shape index (κ3) is 5.39. The van der Waals surface area contributed by atoms with Crippen LogP contribution < -0.4 is 5.32 Å². The number of nitrogens with one attached hydrogen (secondary N) is 1. The number of para-hydroxylation sites is 1. The highest BCUT2D eigenvalue weighted by molar-refractivity contribution is 6.32. The van der Waals surface area contributed by atoms with Gasteiger partial charge in [0.25, 0.3) is 0 Å². The molecular weight excluding hydrogens is 236 g/mol. The van der Waals surface area contributed by atoms with E-state index in [-0.39, 0.29) is 5.75 Å². The fourth-order valence-electron chi connectivity index (χ4n) is 1.60. The number of phenolic OH excluding ortho intramolecular Hbond substituents is 1. The van der Waals surface area contributed by atoms with Gasteiger partial charge in [0.2, 0.25) is 0 Å². The quantitative estimate of drug-likeness (QED) is 0.736. The Bertz CT molecular complexity index is 342. The molecular formula is C13H21ClN2O. The van der Waals surface area contributed by atoms with Crippen LogP contribution >= 0.6 is 11.6 Å². The number of benzene rings is 1. The van der Waals surface area contributed by atoms with E-state index in [1.807, 2.05) is 12.1 Å². The molecule has 0 aliphatic carbocycles. The third-order valence-electron chi connectivity index (χ3n) is 2.59. The van der Waals surface area contributed by atoms with Crippen LogP contribution in [0.3, 0.4) is 0 Å². The lowest BCUT2D eigenvalue weighted by Crippen LogP contribution is -2.18. The molecule has 0 atom stereocenters. The number of hydrogen-bond acceptors (Lipinski definition) is 3. The van der Waals surface area contributed by atoms with E-state index in [1.165, 1.54) is 6.42 Å². The summed E-state index contributed by atoms with van der Waals surface area (Å²) in [4.78, 5) is 2.18. The van der Waals surface area contributed by atoms with E-state index in [1.54, 1.807) is 6.07 Å². The van der Waals surface area contributed by atoms with Crippen LogP contribution in [0.1, 0.15) is 18.4 Å². The Kier molecular flexibility index (Phi) is 6.34. The molecule has 0 aromatic heterocycles. The molecule has 0 saturated heterocycles. The van der Waals surface area contributed by atoms with E-state index < -0.39 is 0 Å². The first-order valence-corrected chi connectivity index (χ1v) is 6.31. The van der Waals surface area contributed by atoms with E-state index in [0.29, 0.717) is 11.6 Å². The van der Waals surface area contributed by atoms with Gasteiger partial charge in [-0.2, -0.15) is 0 Å². The zero-order valence-electron chi connectivity index (χ0n) is 10.5. The van der Waals surface area contributed by atoms with Crippen molar-refractivity contribution in [2.24, 2.45) is 0 Å². The molecule has 2 N–H and O–H groups in total. The summed E-state index contributed by atoms with van der Waals surface area (Å²) < 4.78 is 0. The average Bonchev–Trinajstić information content (AvgIpc) is 2.28. The summed E-state index contributed by atoms with van der Waals surface area (Å²) in [5.74, 6) is 0.190. The van der Waals surface area contributed by atoms with Gasteiger partial charge in [-0.25, -0.2) is 0 Å². The number of halogens is 1. The van der Waals surface area contributed by atoms with Crippen molar-refractivity contribution >= 4 is 11.6 Å². The molecule has 0 amide bonds. The summed E-state index contributed by atoms with van der Waals surface area (Å²) in [7, 11) is 4.16. The lowest BCUT2D eigenvalue weighted by molar-refractivity contribution is 0.391.